The molecular formula is C12H9F3N2O4. The second-order valence-corrected chi connectivity index (χ2v) is 3.82. The number of anilines is 1. The molecule has 0 radical (unpaired) electrons. The van der Waals surface area contributed by atoms with Crippen molar-refractivity contribution in [2.24, 2.45) is 0 Å². The SMILES string of the molecule is COC(=O)N(O)c1c(OC(F)(F)F)ccc2cccnc12. The standard InChI is InChI=1S/C12H9F3N2O4/c1-20-11(18)17(19)10-8(21-12(13,14)15)5-4-7-3-2-6-16-9(7)10/h2-6,19H,1H3. The van der Waals surface area contributed by atoms with E-state index in [0.29, 0.717) is 5.39 Å². The Labute approximate surface area is 116 Å². The summed E-state index contributed by atoms with van der Waals surface area (Å²) in [7, 11) is 0.967. The highest BCUT2D eigenvalue weighted by Crippen LogP contribution is 2.37. The molecule has 112 valence electrons. The van der Waals surface area contributed by atoms with Crippen LogP contribution in [0.15, 0.2) is 30.5 Å². The van der Waals surface area contributed by atoms with Crippen LogP contribution >= 0.6 is 0 Å². The van der Waals surface area contributed by atoms with Crippen LogP contribution in [0.4, 0.5) is 23.7 Å². The van der Waals surface area contributed by atoms with Gasteiger partial charge in [0, 0.05) is 11.6 Å². The molecule has 0 unspecified atom stereocenters. The molecule has 0 fully saturated rings. The zero-order valence-corrected chi connectivity index (χ0v) is 10.6. The molecule has 1 heterocycles. The number of nitrogens with zero attached hydrogens (tertiary/aromatic N) is 2. The molecular weight excluding hydrogens is 293 g/mol. The van der Waals surface area contributed by atoms with Crippen molar-refractivity contribution < 1.29 is 32.6 Å². The predicted octanol–water partition coefficient (Wildman–Crippen LogP) is 3.10. The van der Waals surface area contributed by atoms with Gasteiger partial charge in [-0.15, -0.1) is 18.2 Å². The van der Waals surface area contributed by atoms with Gasteiger partial charge in [-0.05, 0) is 18.2 Å². The highest BCUT2D eigenvalue weighted by atomic mass is 19.4. The van der Waals surface area contributed by atoms with Crippen molar-refractivity contribution in [1.29, 1.82) is 0 Å². The molecule has 1 amide bonds. The number of rotatable bonds is 2. The van der Waals surface area contributed by atoms with Crippen LogP contribution in [0.5, 0.6) is 5.75 Å². The number of aromatic nitrogens is 1. The molecule has 0 saturated heterocycles. The fraction of sp³-hybridized carbons (Fsp3) is 0.167. The second kappa shape index (κ2) is 5.44. The third kappa shape index (κ3) is 3.14. The summed E-state index contributed by atoms with van der Waals surface area (Å²) in [5.41, 5.74) is -0.607. The molecule has 0 atom stereocenters. The van der Waals surface area contributed by atoms with E-state index in [0.717, 1.165) is 13.2 Å². The quantitative estimate of drug-likeness (QED) is 0.681. The maximum atomic E-state index is 12.4. The van der Waals surface area contributed by atoms with Crippen molar-refractivity contribution in [3.63, 3.8) is 0 Å². The largest absolute Gasteiger partial charge is 0.573 e. The second-order valence-electron chi connectivity index (χ2n) is 3.82. The summed E-state index contributed by atoms with van der Waals surface area (Å²) in [6, 6.07) is 5.39. The van der Waals surface area contributed by atoms with Gasteiger partial charge in [-0.3, -0.25) is 10.2 Å². The number of carbonyl (C=O) groups excluding carboxylic acids is 1. The lowest BCUT2D eigenvalue weighted by Gasteiger charge is -2.19. The number of hydrogen-bond acceptors (Lipinski definition) is 5. The van der Waals surface area contributed by atoms with E-state index in [4.69, 9.17) is 0 Å². The minimum atomic E-state index is -4.99. The summed E-state index contributed by atoms with van der Waals surface area (Å²) in [6.07, 6.45) is -4.97. The van der Waals surface area contributed by atoms with E-state index in [1.165, 1.54) is 12.3 Å². The number of benzene rings is 1. The molecule has 21 heavy (non-hydrogen) atoms. The van der Waals surface area contributed by atoms with Crippen molar-refractivity contribution in [2.75, 3.05) is 12.2 Å². The number of hydrogen-bond donors (Lipinski definition) is 1. The van der Waals surface area contributed by atoms with E-state index in [1.807, 2.05) is 0 Å². The minimum Gasteiger partial charge on any atom is -0.451 e. The number of fused-ring (bicyclic) bond motifs is 1. The molecule has 0 bridgehead atoms. The van der Waals surface area contributed by atoms with Gasteiger partial charge in [0.1, 0.15) is 11.2 Å². The Balaban J connectivity index is 2.65. The smallest absolute Gasteiger partial charge is 0.451 e. The first kappa shape index (κ1) is 14.9. The van der Waals surface area contributed by atoms with Crippen LogP contribution in [-0.2, 0) is 4.74 Å². The van der Waals surface area contributed by atoms with Crippen LogP contribution in [-0.4, -0.2) is 29.8 Å². The molecule has 0 aliphatic heterocycles. The Morgan fingerprint density at radius 3 is 2.67 bits per heavy atom. The van der Waals surface area contributed by atoms with Gasteiger partial charge in [0.05, 0.1) is 7.11 Å². The Morgan fingerprint density at radius 1 is 1.33 bits per heavy atom. The fourth-order valence-electron chi connectivity index (χ4n) is 1.70. The van der Waals surface area contributed by atoms with Crippen molar-refractivity contribution >= 4 is 22.7 Å². The van der Waals surface area contributed by atoms with Crippen LogP contribution < -0.4 is 9.80 Å². The third-order valence-electron chi connectivity index (χ3n) is 2.50. The molecule has 0 aliphatic carbocycles. The Morgan fingerprint density at radius 2 is 2.05 bits per heavy atom. The van der Waals surface area contributed by atoms with Crippen molar-refractivity contribution in [2.45, 2.75) is 6.36 Å². The number of alkyl halides is 3. The van der Waals surface area contributed by atoms with Gasteiger partial charge < -0.3 is 9.47 Å². The molecule has 0 spiro atoms. The zero-order chi connectivity index (χ0) is 15.6. The van der Waals surface area contributed by atoms with Gasteiger partial charge in [0.2, 0.25) is 0 Å². The summed E-state index contributed by atoms with van der Waals surface area (Å²) in [6.45, 7) is 0. The van der Waals surface area contributed by atoms with Crippen LogP contribution in [0.3, 0.4) is 0 Å². The summed E-state index contributed by atoms with van der Waals surface area (Å²) in [5.74, 6) is -0.776. The minimum absolute atomic E-state index is 0.0489. The third-order valence-corrected chi connectivity index (χ3v) is 2.50. The predicted molar refractivity (Wildman–Crippen MR) is 65.1 cm³/mol. The maximum Gasteiger partial charge on any atom is 0.573 e. The molecule has 9 heteroatoms. The molecule has 2 rings (SSSR count). The van der Waals surface area contributed by atoms with Crippen LogP contribution in [0.25, 0.3) is 10.9 Å². The average Bonchev–Trinajstić information content (AvgIpc) is 2.44. The number of hydroxylamine groups is 1. The number of pyridine rings is 1. The normalized spacial score (nSPS) is 11.3. The van der Waals surface area contributed by atoms with Crippen molar-refractivity contribution in [1.82, 2.24) is 4.98 Å². The van der Waals surface area contributed by atoms with Crippen LogP contribution in [0.1, 0.15) is 0 Å². The lowest BCUT2D eigenvalue weighted by Crippen LogP contribution is -2.28. The molecule has 2 aromatic rings. The molecule has 6 nitrogen and oxygen atoms in total. The summed E-state index contributed by atoms with van der Waals surface area (Å²) in [5, 5.41) is 10.1. The zero-order valence-electron chi connectivity index (χ0n) is 10.6. The molecule has 0 saturated carbocycles. The number of ether oxygens (including phenoxy) is 2. The Hall–Kier alpha value is -2.55. The first-order valence-electron chi connectivity index (χ1n) is 5.54. The number of amides is 1. The monoisotopic (exact) mass is 302 g/mol. The number of methoxy groups -OCH3 is 1. The van der Waals surface area contributed by atoms with Gasteiger partial charge in [0.15, 0.2) is 5.75 Å². The number of carbonyl (C=O) groups is 1. The van der Waals surface area contributed by atoms with Crippen LogP contribution in [0.2, 0.25) is 0 Å². The fourth-order valence-corrected chi connectivity index (χ4v) is 1.70. The first-order chi connectivity index (χ1) is 9.83. The first-order valence-corrected chi connectivity index (χ1v) is 5.54. The molecule has 1 aromatic carbocycles. The van der Waals surface area contributed by atoms with Gasteiger partial charge in [-0.2, -0.15) is 0 Å². The van der Waals surface area contributed by atoms with Crippen molar-refractivity contribution in [3.8, 4) is 5.75 Å². The van der Waals surface area contributed by atoms with Gasteiger partial charge >= 0.3 is 12.5 Å². The Bertz CT molecular complexity index is 675. The van der Waals surface area contributed by atoms with Gasteiger partial charge in [-0.1, -0.05) is 6.07 Å². The summed E-state index contributed by atoms with van der Waals surface area (Å²) in [4.78, 5) is 15.2. The summed E-state index contributed by atoms with van der Waals surface area (Å²) < 4.78 is 45.3. The van der Waals surface area contributed by atoms with E-state index >= 15 is 0 Å². The molecule has 1 aromatic heterocycles. The molecule has 1 N–H and O–H groups in total. The van der Waals surface area contributed by atoms with E-state index < -0.39 is 23.9 Å². The summed E-state index contributed by atoms with van der Waals surface area (Å²) >= 11 is 0. The van der Waals surface area contributed by atoms with Gasteiger partial charge in [-0.25, -0.2) is 4.79 Å². The van der Waals surface area contributed by atoms with E-state index in [1.54, 1.807) is 12.1 Å². The Kier molecular flexibility index (Phi) is 3.85. The topological polar surface area (TPSA) is 71.9 Å². The lowest BCUT2D eigenvalue weighted by molar-refractivity contribution is -0.274. The average molecular weight is 302 g/mol. The van der Waals surface area contributed by atoms with Crippen molar-refractivity contribution in [3.05, 3.63) is 30.5 Å². The van der Waals surface area contributed by atoms with E-state index in [2.05, 4.69) is 14.5 Å². The molecule has 0 aliphatic rings. The highest BCUT2D eigenvalue weighted by Gasteiger charge is 2.34. The van der Waals surface area contributed by atoms with Crippen LogP contribution in [0, 0.1) is 0 Å². The highest BCUT2D eigenvalue weighted by molar-refractivity contribution is 6.00. The van der Waals surface area contributed by atoms with Gasteiger partial charge in [0.25, 0.3) is 0 Å². The number of halogens is 3. The van der Waals surface area contributed by atoms with E-state index in [-0.39, 0.29) is 10.6 Å². The van der Waals surface area contributed by atoms with E-state index in [9.17, 15) is 23.2 Å². The maximum absolute atomic E-state index is 12.4. The lowest BCUT2D eigenvalue weighted by atomic mass is 10.1.